The molecule has 0 aliphatic carbocycles. The quantitative estimate of drug-likeness (QED) is 0.814. The number of halogens is 1. The standard InChI is InChI=1S/C12H19NO.ClH/c1-3-7-11(13-2)12(14)10-8-5-4-6-9-10;/h4-6,8-9,11-14H,3,7H2,1-2H3;1H/t11-,12-;/m1./s1. The lowest BCUT2D eigenvalue weighted by atomic mass is 9.99. The average Bonchev–Trinajstić information content (AvgIpc) is 2.26. The van der Waals surface area contributed by atoms with Crippen molar-refractivity contribution < 1.29 is 5.11 Å². The topological polar surface area (TPSA) is 32.3 Å². The van der Waals surface area contributed by atoms with E-state index in [0.29, 0.717) is 0 Å². The number of rotatable bonds is 5. The fourth-order valence-corrected chi connectivity index (χ4v) is 1.65. The predicted octanol–water partition coefficient (Wildman–Crippen LogP) is 2.53. The van der Waals surface area contributed by atoms with Crippen LogP contribution in [0.1, 0.15) is 31.4 Å². The zero-order valence-electron chi connectivity index (χ0n) is 9.31. The van der Waals surface area contributed by atoms with Crippen molar-refractivity contribution in [1.82, 2.24) is 5.32 Å². The zero-order valence-corrected chi connectivity index (χ0v) is 10.1. The highest BCUT2D eigenvalue weighted by Gasteiger charge is 2.17. The SMILES string of the molecule is CCC[C@@H](NC)[C@H](O)c1ccccc1.Cl. The summed E-state index contributed by atoms with van der Waals surface area (Å²) >= 11 is 0. The van der Waals surface area contributed by atoms with Gasteiger partial charge in [-0.2, -0.15) is 0 Å². The molecule has 0 radical (unpaired) electrons. The summed E-state index contributed by atoms with van der Waals surface area (Å²) in [6, 6.07) is 9.95. The first-order chi connectivity index (χ1) is 6.79. The molecule has 0 amide bonds. The molecule has 0 aliphatic rings. The summed E-state index contributed by atoms with van der Waals surface area (Å²) in [5, 5.41) is 13.2. The molecule has 0 heterocycles. The predicted molar refractivity (Wildman–Crippen MR) is 66.4 cm³/mol. The van der Waals surface area contributed by atoms with E-state index in [1.807, 2.05) is 37.4 Å². The van der Waals surface area contributed by atoms with E-state index >= 15 is 0 Å². The molecule has 3 heteroatoms. The van der Waals surface area contributed by atoms with Gasteiger partial charge in [-0.15, -0.1) is 12.4 Å². The monoisotopic (exact) mass is 229 g/mol. The van der Waals surface area contributed by atoms with Gasteiger partial charge >= 0.3 is 0 Å². The summed E-state index contributed by atoms with van der Waals surface area (Å²) in [6.45, 7) is 2.13. The van der Waals surface area contributed by atoms with Crippen LogP contribution in [0.25, 0.3) is 0 Å². The van der Waals surface area contributed by atoms with Crippen LogP contribution in [-0.4, -0.2) is 18.2 Å². The van der Waals surface area contributed by atoms with Crippen molar-refractivity contribution in [3.05, 3.63) is 35.9 Å². The molecule has 1 aromatic rings. The van der Waals surface area contributed by atoms with Gasteiger partial charge in [-0.3, -0.25) is 0 Å². The van der Waals surface area contributed by atoms with E-state index in [4.69, 9.17) is 0 Å². The minimum absolute atomic E-state index is 0. The van der Waals surface area contributed by atoms with E-state index in [0.717, 1.165) is 18.4 Å². The molecule has 0 saturated heterocycles. The van der Waals surface area contributed by atoms with Gasteiger partial charge < -0.3 is 10.4 Å². The van der Waals surface area contributed by atoms with E-state index < -0.39 is 6.10 Å². The Labute approximate surface area is 98.1 Å². The second-order valence-electron chi connectivity index (χ2n) is 3.54. The first kappa shape index (κ1) is 14.4. The Balaban J connectivity index is 0.00000196. The maximum absolute atomic E-state index is 10.0. The molecule has 0 spiro atoms. The van der Waals surface area contributed by atoms with Crippen molar-refractivity contribution in [2.24, 2.45) is 0 Å². The van der Waals surface area contributed by atoms with Gasteiger partial charge in [0.25, 0.3) is 0 Å². The average molecular weight is 230 g/mol. The van der Waals surface area contributed by atoms with Crippen LogP contribution in [0.2, 0.25) is 0 Å². The number of likely N-dealkylation sites (N-methyl/N-ethyl adjacent to an activating group) is 1. The lowest BCUT2D eigenvalue weighted by Crippen LogP contribution is -2.31. The lowest BCUT2D eigenvalue weighted by Gasteiger charge is -2.22. The molecule has 1 rings (SSSR count). The number of hydrogen-bond acceptors (Lipinski definition) is 2. The Bertz CT molecular complexity index is 253. The summed E-state index contributed by atoms with van der Waals surface area (Å²) in [6.07, 6.45) is 1.67. The third-order valence-corrected chi connectivity index (χ3v) is 2.49. The summed E-state index contributed by atoms with van der Waals surface area (Å²) in [5.41, 5.74) is 0.986. The second kappa shape index (κ2) is 7.69. The van der Waals surface area contributed by atoms with Crippen LogP contribution in [0.5, 0.6) is 0 Å². The first-order valence-corrected chi connectivity index (χ1v) is 5.19. The number of hydrogen-bond donors (Lipinski definition) is 2. The molecule has 0 aromatic heterocycles. The molecular weight excluding hydrogens is 210 g/mol. The van der Waals surface area contributed by atoms with Crippen LogP contribution in [0.4, 0.5) is 0 Å². The minimum atomic E-state index is -0.402. The minimum Gasteiger partial charge on any atom is -0.387 e. The third kappa shape index (κ3) is 4.20. The summed E-state index contributed by atoms with van der Waals surface area (Å²) < 4.78 is 0. The fourth-order valence-electron chi connectivity index (χ4n) is 1.65. The van der Waals surface area contributed by atoms with Crippen LogP contribution < -0.4 is 5.32 Å². The van der Waals surface area contributed by atoms with E-state index in [1.54, 1.807) is 0 Å². The van der Waals surface area contributed by atoms with Gasteiger partial charge in [0.05, 0.1) is 6.10 Å². The van der Waals surface area contributed by atoms with Gasteiger partial charge in [-0.1, -0.05) is 43.7 Å². The van der Waals surface area contributed by atoms with Crippen molar-refractivity contribution in [3.8, 4) is 0 Å². The number of aliphatic hydroxyl groups excluding tert-OH is 1. The van der Waals surface area contributed by atoms with Crippen LogP contribution in [-0.2, 0) is 0 Å². The number of benzene rings is 1. The first-order valence-electron chi connectivity index (χ1n) is 5.19. The molecule has 2 N–H and O–H groups in total. The molecule has 86 valence electrons. The van der Waals surface area contributed by atoms with Gasteiger partial charge in [0, 0.05) is 6.04 Å². The smallest absolute Gasteiger partial charge is 0.0942 e. The molecule has 2 atom stereocenters. The van der Waals surface area contributed by atoms with Crippen molar-refractivity contribution in [3.63, 3.8) is 0 Å². The summed E-state index contributed by atoms with van der Waals surface area (Å²) in [4.78, 5) is 0. The molecule has 0 saturated carbocycles. The third-order valence-electron chi connectivity index (χ3n) is 2.49. The Morgan fingerprint density at radius 3 is 2.33 bits per heavy atom. The van der Waals surface area contributed by atoms with Gasteiger partial charge in [0.1, 0.15) is 0 Å². The molecule has 2 nitrogen and oxygen atoms in total. The number of aliphatic hydroxyl groups is 1. The maximum Gasteiger partial charge on any atom is 0.0942 e. The van der Waals surface area contributed by atoms with Crippen LogP contribution >= 0.6 is 12.4 Å². The van der Waals surface area contributed by atoms with Crippen molar-refractivity contribution in [2.75, 3.05) is 7.05 Å². The van der Waals surface area contributed by atoms with Crippen molar-refractivity contribution in [2.45, 2.75) is 31.9 Å². The van der Waals surface area contributed by atoms with Gasteiger partial charge in [-0.25, -0.2) is 0 Å². The van der Waals surface area contributed by atoms with Gasteiger partial charge in [0.2, 0.25) is 0 Å². The Morgan fingerprint density at radius 1 is 1.27 bits per heavy atom. The molecule has 0 bridgehead atoms. The van der Waals surface area contributed by atoms with Crippen LogP contribution in [0, 0.1) is 0 Å². The molecule has 0 fully saturated rings. The highest BCUT2D eigenvalue weighted by atomic mass is 35.5. The molecular formula is C12H20ClNO. The number of nitrogens with one attached hydrogen (secondary N) is 1. The molecule has 0 aliphatic heterocycles. The summed E-state index contributed by atoms with van der Waals surface area (Å²) in [5.74, 6) is 0. The fraction of sp³-hybridized carbons (Fsp3) is 0.500. The lowest BCUT2D eigenvalue weighted by molar-refractivity contribution is 0.127. The molecule has 1 aromatic carbocycles. The van der Waals surface area contributed by atoms with E-state index in [9.17, 15) is 5.11 Å². The largest absolute Gasteiger partial charge is 0.387 e. The molecule has 15 heavy (non-hydrogen) atoms. The van der Waals surface area contributed by atoms with E-state index in [1.165, 1.54) is 0 Å². The van der Waals surface area contributed by atoms with E-state index in [2.05, 4.69) is 12.2 Å². The Kier molecular flexibility index (Phi) is 7.39. The zero-order chi connectivity index (χ0) is 10.4. The van der Waals surface area contributed by atoms with E-state index in [-0.39, 0.29) is 18.4 Å². The maximum atomic E-state index is 10.0. The van der Waals surface area contributed by atoms with Crippen molar-refractivity contribution >= 4 is 12.4 Å². The Hall–Kier alpha value is -0.570. The van der Waals surface area contributed by atoms with Crippen LogP contribution in [0.3, 0.4) is 0 Å². The molecule has 0 unspecified atom stereocenters. The second-order valence-corrected chi connectivity index (χ2v) is 3.54. The van der Waals surface area contributed by atoms with Crippen LogP contribution in [0.15, 0.2) is 30.3 Å². The van der Waals surface area contributed by atoms with Gasteiger partial charge in [-0.05, 0) is 19.0 Å². The highest BCUT2D eigenvalue weighted by molar-refractivity contribution is 5.85. The van der Waals surface area contributed by atoms with Crippen molar-refractivity contribution in [1.29, 1.82) is 0 Å². The normalized spacial score (nSPS) is 14.1. The highest BCUT2D eigenvalue weighted by Crippen LogP contribution is 2.18. The Morgan fingerprint density at radius 2 is 1.87 bits per heavy atom. The van der Waals surface area contributed by atoms with Gasteiger partial charge in [0.15, 0.2) is 0 Å². The summed E-state index contributed by atoms with van der Waals surface area (Å²) in [7, 11) is 1.90.